The highest BCUT2D eigenvalue weighted by Crippen LogP contribution is 2.60. The maximum Gasteiger partial charge on any atom is 0.163 e. The number of rotatable bonds is 13. The second-order valence-electron chi connectivity index (χ2n) is 27.0. The molecule has 11 aromatic carbocycles. The minimum absolute atomic E-state index is 0.515. The van der Waals surface area contributed by atoms with E-state index in [1.807, 2.05) is 33.9 Å². The number of fused-ring (bicyclic) bond motifs is 6. The molecule has 0 radical (unpaired) electrons. The van der Waals surface area contributed by atoms with E-state index in [4.69, 9.17) is 29.9 Å². The zero-order chi connectivity index (χ0) is 67.8. The van der Waals surface area contributed by atoms with Gasteiger partial charge in [0, 0.05) is 52.0 Å². The van der Waals surface area contributed by atoms with Crippen LogP contribution in [-0.4, -0.2) is 34.9 Å². The number of hydrogen-bond donors (Lipinski definition) is 0. The second-order valence-corrected chi connectivity index (χ2v) is 27.0. The molecule has 2 atom stereocenters. The first-order valence-corrected chi connectivity index (χ1v) is 34.5. The molecule has 0 saturated heterocycles. The van der Waals surface area contributed by atoms with Gasteiger partial charge in [-0.2, -0.15) is 0 Å². The van der Waals surface area contributed by atoms with Crippen LogP contribution in [0.5, 0.6) is 0 Å². The quantitative estimate of drug-likeness (QED) is 0.114. The highest BCUT2D eigenvalue weighted by atomic mass is 15.0. The van der Waals surface area contributed by atoms with E-state index in [0.717, 1.165) is 118 Å². The fourth-order valence-electron chi connectivity index (χ4n) is 16.5. The van der Waals surface area contributed by atoms with Gasteiger partial charge in [0.15, 0.2) is 5.82 Å². The molecule has 0 bridgehead atoms. The van der Waals surface area contributed by atoms with Gasteiger partial charge in [-0.1, -0.05) is 231 Å². The Balaban J connectivity index is 0.799. The van der Waals surface area contributed by atoms with Crippen LogP contribution in [0.1, 0.15) is 95.8 Å². The molecule has 15 aromatic rings. The molecular weight excluding hydrogens is 1220 g/mol. The summed E-state index contributed by atoms with van der Waals surface area (Å²) >= 11 is 0. The zero-order valence-corrected chi connectivity index (χ0v) is 57.1. The van der Waals surface area contributed by atoms with Crippen LogP contribution in [-0.2, 0) is 17.3 Å². The summed E-state index contributed by atoms with van der Waals surface area (Å²) in [6, 6.07) is 105. The van der Waals surface area contributed by atoms with Gasteiger partial charge in [0.1, 0.15) is 17.5 Å². The number of nitrogens with zero attached hydrogens (tertiary/aromatic N) is 7. The Labute approximate surface area is 584 Å². The van der Waals surface area contributed by atoms with E-state index in [1.54, 1.807) is 0 Å². The average Bonchev–Trinajstić information content (AvgIpc) is 1.53. The maximum atomic E-state index is 5.72. The summed E-state index contributed by atoms with van der Waals surface area (Å²) in [4.78, 5) is 35.3. The molecule has 7 nitrogen and oxygen atoms in total. The summed E-state index contributed by atoms with van der Waals surface area (Å²) in [5, 5.41) is 0. The summed E-state index contributed by atoms with van der Waals surface area (Å²) in [5.74, 6) is 2.72. The SMILES string of the molecule is Cc1cc(Cc2cc3c(cc2-c2nc(C)nc(C)n2)C(c2ccccc2)(c2cccc(-c4ccccc4-c4cccc(-c5cc(C)cnc5C)c4)c2)c2ccccc2-3)nc(-c2ccccc2-c2cccc(C3(c4ccccc4)c4ccccc4-c4c(-c5cc(C)nc(C)n5)cccc43)c2)c1. The Hall–Kier alpha value is -12.2. The molecule has 0 aliphatic heterocycles. The lowest BCUT2D eigenvalue weighted by atomic mass is 9.67. The molecule has 17 rings (SSSR count). The molecular formula is C93H71N7. The average molecular weight is 1290 g/mol. The predicted molar refractivity (Wildman–Crippen MR) is 406 cm³/mol. The van der Waals surface area contributed by atoms with Crippen LogP contribution < -0.4 is 0 Å². The minimum Gasteiger partial charge on any atom is -0.261 e. The summed E-state index contributed by atoms with van der Waals surface area (Å²) in [6.07, 6.45) is 2.46. The van der Waals surface area contributed by atoms with E-state index in [-0.39, 0.29) is 0 Å². The van der Waals surface area contributed by atoms with Gasteiger partial charge in [-0.3, -0.25) is 9.97 Å². The molecule has 0 fully saturated rings. The van der Waals surface area contributed by atoms with Crippen molar-refractivity contribution in [3.8, 4) is 101 Å². The maximum absolute atomic E-state index is 5.72. The molecule has 2 unspecified atom stereocenters. The van der Waals surface area contributed by atoms with E-state index >= 15 is 0 Å². The van der Waals surface area contributed by atoms with Crippen molar-refractivity contribution in [2.75, 3.05) is 0 Å². The van der Waals surface area contributed by atoms with E-state index in [2.05, 4.69) is 311 Å². The van der Waals surface area contributed by atoms with Crippen molar-refractivity contribution in [3.05, 3.63) is 387 Å². The molecule has 4 heterocycles. The number of benzene rings is 11. The van der Waals surface area contributed by atoms with E-state index in [1.165, 1.54) is 61.2 Å². The van der Waals surface area contributed by atoms with Crippen LogP contribution in [0, 0.1) is 48.5 Å². The Morgan fingerprint density at radius 3 is 1.40 bits per heavy atom. The van der Waals surface area contributed by atoms with Crippen LogP contribution in [0.3, 0.4) is 0 Å². The van der Waals surface area contributed by atoms with Crippen molar-refractivity contribution in [3.63, 3.8) is 0 Å². The number of pyridine rings is 2. The molecule has 0 spiro atoms. The van der Waals surface area contributed by atoms with Crippen molar-refractivity contribution < 1.29 is 0 Å². The lowest BCUT2D eigenvalue weighted by molar-refractivity contribution is 0.768. The van der Waals surface area contributed by atoms with Crippen molar-refractivity contribution in [2.45, 2.75) is 65.7 Å². The van der Waals surface area contributed by atoms with E-state index < -0.39 is 10.8 Å². The monoisotopic (exact) mass is 1290 g/mol. The Kier molecular flexibility index (Phi) is 15.2. The fraction of sp³-hybridized carbons (Fsp3) is 0.108. The third-order valence-electron chi connectivity index (χ3n) is 20.5. The largest absolute Gasteiger partial charge is 0.261 e. The highest BCUT2D eigenvalue weighted by Gasteiger charge is 2.49. The van der Waals surface area contributed by atoms with Gasteiger partial charge in [-0.05, 0) is 225 Å². The van der Waals surface area contributed by atoms with Gasteiger partial charge in [0.25, 0.3) is 0 Å². The number of aryl methyl sites for hydroxylation is 7. The fourth-order valence-corrected chi connectivity index (χ4v) is 16.5. The zero-order valence-electron chi connectivity index (χ0n) is 57.1. The third-order valence-corrected chi connectivity index (χ3v) is 20.5. The smallest absolute Gasteiger partial charge is 0.163 e. The van der Waals surface area contributed by atoms with Crippen LogP contribution in [0.15, 0.2) is 291 Å². The van der Waals surface area contributed by atoms with Gasteiger partial charge >= 0.3 is 0 Å². The normalized spacial score (nSPS) is 14.9. The highest BCUT2D eigenvalue weighted by molar-refractivity contribution is 5.96. The standard InChI is InChI=1S/C93H71N7/c1-57-46-73(100-88(48-57)78-40-17-16-38-76(78)67-29-24-34-71(52-67)92(69-30-10-8-11-31-69)85-44-21-19-41-79(85)90-80(42-25-45-86(90)92)89-49-59(3)95-61(5)97-89)53-68-54-83-77-39-18-20-43-84(77)93(70-32-12-9-13-33-70,87(83)55-82(68)91-98-62(6)96-63(7)99-91)72-35-23-28-66(51-72)75-37-15-14-36-74(75)64-26-22-27-65(50-64)81-47-58(2)56-94-60(81)4/h8-52,54-56H,53H2,1-7H3. The number of aromatic nitrogens is 7. The van der Waals surface area contributed by atoms with Crippen LogP contribution in [0.4, 0.5) is 0 Å². The Morgan fingerprint density at radius 2 is 0.760 bits per heavy atom. The van der Waals surface area contributed by atoms with E-state index in [9.17, 15) is 0 Å². The molecule has 0 amide bonds. The van der Waals surface area contributed by atoms with Crippen LogP contribution >= 0.6 is 0 Å². The summed E-state index contributed by atoms with van der Waals surface area (Å²) in [5.41, 5.74) is 33.1. The van der Waals surface area contributed by atoms with Gasteiger partial charge < -0.3 is 0 Å². The van der Waals surface area contributed by atoms with E-state index in [0.29, 0.717) is 23.9 Å². The Bertz CT molecular complexity index is 5720. The number of hydrogen-bond acceptors (Lipinski definition) is 7. The summed E-state index contributed by atoms with van der Waals surface area (Å²) in [7, 11) is 0. The van der Waals surface area contributed by atoms with Crippen LogP contribution in [0.25, 0.3) is 101 Å². The van der Waals surface area contributed by atoms with Crippen molar-refractivity contribution in [2.24, 2.45) is 0 Å². The topological polar surface area (TPSA) is 90.2 Å². The first kappa shape index (κ1) is 61.4. The lowest BCUT2D eigenvalue weighted by Gasteiger charge is -2.34. The van der Waals surface area contributed by atoms with Gasteiger partial charge in [-0.25, -0.2) is 24.9 Å². The molecule has 478 valence electrons. The lowest BCUT2D eigenvalue weighted by Crippen LogP contribution is -2.28. The van der Waals surface area contributed by atoms with Crippen molar-refractivity contribution in [1.29, 1.82) is 0 Å². The first-order chi connectivity index (χ1) is 48.9. The molecule has 4 aromatic heterocycles. The first-order valence-electron chi connectivity index (χ1n) is 34.5. The van der Waals surface area contributed by atoms with Gasteiger partial charge in [0.2, 0.25) is 0 Å². The van der Waals surface area contributed by atoms with Crippen molar-refractivity contribution >= 4 is 0 Å². The predicted octanol–water partition coefficient (Wildman–Crippen LogP) is 21.6. The molecule has 0 saturated carbocycles. The van der Waals surface area contributed by atoms with Gasteiger partial charge in [0.05, 0.1) is 22.2 Å². The molecule has 100 heavy (non-hydrogen) atoms. The summed E-state index contributed by atoms with van der Waals surface area (Å²) in [6.45, 7) is 14.3. The molecule has 7 heteroatoms. The minimum atomic E-state index is -0.752. The van der Waals surface area contributed by atoms with Crippen LogP contribution in [0.2, 0.25) is 0 Å². The Morgan fingerprint density at radius 1 is 0.280 bits per heavy atom. The van der Waals surface area contributed by atoms with Gasteiger partial charge in [-0.15, -0.1) is 0 Å². The molecule has 2 aliphatic carbocycles. The summed E-state index contributed by atoms with van der Waals surface area (Å²) < 4.78 is 0. The van der Waals surface area contributed by atoms with Crippen molar-refractivity contribution in [1.82, 2.24) is 34.9 Å². The molecule has 2 aliphatic rings. The third kappa shape index (κ3) is 10.3. The second kappa shape index (κ2) is 24.7. The molecule has 0 N–H and O–H groups in total.